The number of hydrogen-bond donors (Lipinski definition) is 1. The van der Waals surface area contributed by atoms with E-state index in [1.807, 2.05) is 0 Å². The number of nitrogens with zero attached hydrogens (tertiary/aromatic N) is 1. The van der Waals surface area contributed by atoms with Crippen LogP contribution in [0.3, 0.4) is 0 Å². The molecule has 4 heterocycles. The smallest absolute Gasteiger partial charge is 0.251 e. The van der Waals surface area contributed by atoms with Crippen molar-refractivity contribution in [2.75, 3.05) is 32.8 Å². The number of rotatable bonds is 5. The molecule has 4 aliphatic rings. The molecule has 4 aliphatic heterocycles. The molecule has 2 aromatic carbocycles. The largest absolute Gasteiger partial charge is 0.487 e. The van der Waals surface area contributed by atoms with Gasteiger partial charge in [0.15, 0.2) is 29.2 Å². The molecule has 30 heavy (non-hydrogen) atoms. The number of nitrogens with one attached hydrogen (secondary N) is 1. The summed E-state index contributed by atoms with van der Waals surface area (Å²) in [4.78, 5) is 15.2. The van der Waals surface area contributed by atoms with E-state index in [4.69, 9.17) is 14.2 Å². The number of ether oxygens (including phenoxy) is 3. The molecule has 2 atom stereocenters. The number of halogens is 1. The second-order valence-electron chi connectivity index (χ2n) is 8.17. The zero-order valence-electron chi connectivity index (χ0n) is 16.7. The maximum Gasteiger partial charge on any atom is 0.251 e. The van der Waals surface area contributed by atoms with Crippen LogP contribution in [0.1, 0.15) is 23.2 Å². The lowest BCUT2D eigenvalue weighted by molar-refractivity contribution is 0.0520. The highest BCUT2D eigenvalue weighted by atomic mass is 19.1. The quantitative estimate of drug-likeness (QED) is 0.819. The van der Waals surface area contributed by atoms with Gasteiger partial charge in [0.05, 0.1) is 0 Å². The van der Waals surface area contributed by atoms with Gasteiger partial charge in [0.1, 0.15) is 13.2 Å². The molecule has 3 fully saturated rings. The monoisotopic (exact) mass is 412 g/mol. The topological polar surface area (TPSA) is 60.0 Å². The lowest BCUT2D eigenvalue weighted by Crippen LogP contribution is -2.57. The van der Waals surface area contributed by atoms with Gasteiger partial charge in [0, 0.05) is 18.2 Å². The summed E-state index contributed by atoms with van der Waals surface area (Å²) in [5, 5.41) is 3.19. The zero-order valence-corrected chi connectivity index (χ0v) is 16.7. The molecule has 1 N–H and O–H groups in total. The van der Waals surface area contributed by atoms with E-state index in [0.29, 0.717) is 23.0 Å². The molecular formula is C23H25FN2O4. The fourth-order valence-corrected chi connectivity index (χ4v) is 4.46. The second kappa shape index (κ2) is 8.14. The summed E-state index contributed by atoms with van der Waals surface area (Å²) in [6.45, 7) is 3.66. The number of benzene rings is 2. The van der Waals surface area contributed by atoms with E-state index in [1.54, 1.807) is 36.4 Å². The van der Waals surface area contributed by atoms with Gasteiger partial charge in [-0.2, -0.15) is 0 Å². The number of fused-ring (bicyclic) bond motifs is 4. The van der Waals surface area contributed by atoms with Crippen LogP contribution < -0.4 is 19.5 Å². The first kappa shape index (κ1) is 19.2. The Hall–Kier alpha value is -2.80. The summed E-state index contributed by atoms with van der Waals surface area (Å²) in [6.07, 6.45) is 1.95. The van der Waals surface area contributed by atoms with Crippen LogP contribution in [0.15, 0.2) is 42.5 Å². The zero-order chi connectivity index (χ0) is 20.5. The number of hydrogen-bond acceptors (Lipinski definition) is 5. The maximum atomic E-state index is 13.7. The molecule has 2 bridgehead atoms. The average Bonchev–Trinajstić information content (AvgIpc) is 2.79. The van der Waals surface area contributed by atoms with Crippen LogP contribution in [-0.2, 0) is 0 Å². The predicted molar refractivity (Wildman–Crippen MR) is 109 cm³/mol. The van der Waals surface area contributed by atoms with Crippen molar-refractivity contribution in [3.05, 3.63) is 53.8 Å². The van der Waals surface area contributed by atoms with Crippen LogP contribution >= 0.6 is 0 Å². The normalized spacial score (nSPS) is 26.8. The number of carbonyl (C=O) groups excluding carboxylic acids is 1. The Morgan fingerprint density at radius 1 is 1.17 bits per heavy atom. The molecule has 0 unspecified atom stereocenters. The van der Waals surface area contributed by atoms with Gasteiger partial charge in [-0.15, -0.1) is 0 Å². The molecule has 1 amide bonds. The number of amides is 1. The van der Waals surface area contributed by atoms with Crippen LogP contribution in [0.2, 0.25) is 0 Å². The van der Waals surface area contributed by atoms with Gasteiger partial charge in [0.2, 0.25) is 0 Å². The fraction of sp³-hybridized carbons (Fsp3) is 0.435. The minimum Gasteiger partial charge on any atom is -0.487 e. The molecule has 6 nitrogen and oxygen atoms in total. The van der Waals surface area contributed by atoms with Crippen molar-refractivity contribution in [1.82, 2.24) is 10.2 Å². The van der Waals surface area contributed by atoms with Crippen molar-refractivity contribution >= 4 is 5.91 Å². The Morgan fingerprint density at radius 3 is 2.77 bits per heavy atom. The highest BCUT2D eigenvalue weighted by Gasteiger charge is 2.35. The maximum absolute atomic E-state index is 13.7. The molecule has 7 heteroatoms. The molecule has 2 aromatic rings. The third kappa shape index (κ3) is 3.94. The number of para-hydroxylation sites is 1. The lowest BCUT2D eigenvalue weighted by atomic mass is 9.84. The highest BCUT2D eigenvalue weighted by molar-refractivity contribution is 5.95. The van der Waals surface area contributed by atoms with E-state index in [2.05, 4.69) is 10.2 Å². The van der Waals surface area contributed by atoms with Crippen LogP contribution in [0, 0.1) is 11.7 Å². The van der Waals surface area contributed by atoms with E-state index in [-0.39, 0.29) is 37.0 Å². The first-order valence-corrected chi connectivity index (χ1v) is 10.5. The third-order valence-corrected chi connectivity index (χ3v) is 6.16. The van der Waals surface area contributed by atoms with E-state index >= 15 is 0 Å². The summed E-state index contributed by atoms with van der Waals surface area (Å²) >= 11 is 0. The van der Waals surface area contributed by atoms with Crippen molar-refractivity contribution in [2.24, 2.45) is 5.92 Å². The molecular weight excluding hydrogens is 387 g/mol. The summed E-state index contributed by atoms with van der Waals surface area (Å²) in [5.74, 6) is 1.37. The van der Waals surface area contributed by atoms with Crippen molar-refractivity contribution < 1.29 is 23.4 Å². The number of carbonyl (C=O) groups is 1. The first-order chi connectivity index (χ1) is 14.7. The van der Waals surface area contributed by atoms with Gasteiger partial charge in [-0.3, -0.25) is 4.79 Å². The van der Waals surface area contributed by atoms with E-state index < -0.39 is 5.82 Å². The summed E-state index contributed by atoms with van der Waals surface area (Å²) in [5.41, 5.74) is 0.565. The average molecular weight is 412 g/mol. The molecule has 0 aliphatic carbocycles. The Kier molecular flexibility index (Phi) is 5.21. The van der Waals surface area contributed by atoms with Gasteiger partial charge >= 0.3 is 0 Å². The van der Waals surface area contributed by atoms with Crippen molar-refractivity contribution in [1.29, 1.82) is 0 Å². The van der Waals surface area contributed by atoms with Gasteiger partial charge in [-0.1, -0.05) is 12.1 Å². The fourth-order valence-electron chi connectivity index (χ4n) is 4.46. The van der Waals surface area contributed by atoms with Gasteiger partial charge in [-0.05, 0) is 62.2 Å². The van der Waals surface area contributed by atoms with Gasteiger partial charge in [0.25, 0.3) is 5.91 Å². The summed E-state index contributed by atoms with van der Waals surface area (Å²) in [6, 6.07) is 11.7. The second-order valence-corrected chi connectivity index (χ2v) is 8.17. The van der Waals surface area contributed by atoms with Crippen LogP contribution in [0.4, 0.5) is 4.39 Å². The molecule has 0 radical (unpaired) electrons. The third-order valence-electron chi connectivity index (χ3n) is 6.16. The van der Waals surface area contributed by atoms with Crippen LogP contribution in [-0.4, -0.2) is 55.8 Å². The van der Waals surface area contributed by atoms with E-state index in [9.17, 15) is 9.18 Å². The minimum absolute atomic E-state index is 0.0786. The SMILES string of the molecule is O=C(N[C@H]1CN2CCC1CC2)c1ccc2c(c1)OC[C@H](COc1ccccc1F)O2. The van der Waals surface area contributed by atoms with E-state index in [1.165, 1.54) is 6.07 Å². The first-order valence-electron chi connectivity index (χ1n) is 10.5. The molecule has 0 aromatic heterocycles. The van der Waals surface area contributed by atoms with Crippen molar-refractivity contribution in [2.45, 2.75) is 25.0 Å². The molecule has 6 rings (SSSR count). The van der Waals surface area contributed by atoms with Gasteiger partial charge in [-0.25, -0.2) is 4.39 Å². The predicted octanol–water partition coefficient (Wildman–Crippen LogP) is 2.87. The van der Waals surface area contributed by atoms with E-state index in [0.717, 1.165) is 32.5 Å². The van der Waals surface area contributed by atoms with Gasteiger partial charge < -0.3 is 24.4 Å². The summed E-state index contributed by atoms with van der Waals surface area (Å²) < 4.78 is 30.9. The molecule has 0 spiro atoms. The Morgan fingerprint density at radius 2 is 2.00 bits per heavy atom. The Bertz CT molecular complexity index is 929. The van der Waals surface area contributed by atoms with Crippen molar-refractivity contribution in [3.8, 4) is 17.2 Å². The lowest BCUT2D eigenvalue weighted by Gasteiger charge is -2.44. The van der Waals surface area contributed by atoms with Crippen LogP contribution in [0.5, 0.6) is 17.2 Å². The molecule has 158 valence electrons. The molecule has 3 saturated heterocycles. The highest BCUT2D eigenvalue weighted by Crippen LogP contribution is 2.33. The minimum atomic E-state index is -0.409. The van der Waals surface area contributed by atoms with Crippen molar-refractivity contribution in [3.63, 3.8) is 0 Å². The Labute approximate surface area is 174 Å². The Balaban J connectivity index is 1.19. The summed E-state index contributed by atoms with van der Waals surface area (Å²) in [7, 11) is 0. The standard InChI is InChI=1S/C23H25FN2O4/c24-18-3-1-2-4-20(18)28-13-17-14-29-22-11-16(5-6-21(22)30-17)23(27)25-19-12-26-9-7-15(19)8-10-26/h1-6,11,15,17,19H,7-10,12-14H2,(H,25,27)/t17-,19-/m0/s1. The van der Waals surface area contributed by atoms with Crippen LogP contribution in [0.25, 0.3) is 0 Å². The molecule has 0 saturated carbocycles. The number of piperidine rings is 3.